The van der Waals surface area contributed by atoms with Crippen molar-refractivity contribution in [1.29, 1.82) is 0 Å². The van der Waals surface area contributed by atoms with Crippen LogP contribution in [0, 0.1) is 11.6 Å². The molecule has 6 nitrogen and oxygen atoms in total. The summed E-state index contributed by atoms with van der Waals surface area (Å²) >= 11 is 0. The van der Waals surface area contributed by atoms with E-state index in [0.717, 1.165) is 12.1 Å². The molecule has 1 aromatic carbocycles. The number of halogens is 2. The Hall–Kier alpha value is -2.42. The van der Waals surface area contributed by atoms with Gasteiger partial charge in [0.25, 0.3) is 0 Å². The third-order valence-corrected chi connectivity index (χ3v) is 5.17. The van der Waals surface area contributed by atoms with Gasteiger partial charge in [-0.15, -0.1) is 0 Å². The van der Waals surface area contributed by atoms with Gasteiger partial charge in [-0.1, -0.05) is 13.0 Å². The molecule has 3 rings (SSSR count). The van der Waals surface area contributed by atoms with E-state index < -0.39 is 22.4 Å². The highest BCUT2D eigenvalue weighted by Crippen LogP contribution is 2.32. The minimum Gasteiger partial charge on any atom is -0.383 e. The van der Waals surface area contributed by atoms with Crippen LogP contribution in [0.2, 0.25) is 0 Å². The minimum atomic E-state index is -1.42. The minimum absolute atomic E-state index is 0.0132. The lowest BCUT2D eigenvalue weighted by Crippen LogP contribution is -2.27. The summed E-state index contributed by atoms with van der Waals surface area (Å²) in [5.74, 6) is -1.45. The van der Waals surface area contributed by atoms with Crippen LogP contribution in [-0.2, 0) is 28.6 Å². The SMILES string of the molecule is CCCS(=O)c1nc(N)c2c(n1)N(Cc1ccc(F)c(F)c1)C(=O)C2. The highest BCUT2D eigenvalue weighted by Gasteiger charge is 2.32. The number of benzene rings is 1. The van der Waals surface area contributed by atoms with Crippen LogP contribution in [0.5, 0.6) is 0 Å². The van der Waals surface area contributed by atoms with E-state index in [0.29, 0.717) is 23.3 Å². The van der Waals surface area contributed by atoms with Crippen molar-refractivity contribution < 1.29 is 17.8 Å². The molecule has 25 heavy (non-hydrogen) atoms. The van der Waals surface area contributed by atoms with Gasteiger partial charge in [0.15, 0.2) is 11.6 Å². The van der Waals surface area contributed by atoms with Crippen molar-refractivity contribution in [3.63, 3.8) is 0 Å². The zero-order valence-corrected chi connectivity index (χ0v) is 14.3. The van der Waals surface area contributed by atoms with Crippen molar-refractivity contribution >= 4 is 28.3 Å². The second-order valence-corrected chi connectivity index (χ2v) is 7.11. The predicted molar refractivity (Wildman–Crippen MR) is 89.3 cm³/mol. The molecule has 0 spiro atoms. The first kappa shape index (κ1) is 17.4. The number of anilines is 2. The predicted octanol–water partition coefficient (Wildman–Crippen LogP) is 1.94. The maximum Gasteiger partial charge on any atom is 0.233 e. The van der Waals surface area contributed by atoms with Gasteiger partial charge in [-0.25, -0.2) is 18.7 Å². The monoisotopic (exact) mass is 366 g/mol. The molecule has 1 aromatic heterocycles. The largest absolute Gasteiger partial charge is 0.383 e. The molecule has 0 saturated carbocycles. The number of hydrogen-bond donors (Lipinski definition) is 1. The maximum absolute atomic E-state index is 13.4. The second kappa shape index (κ2) is 6.83. The van der Waals surface area contributed by atoms with Gasteiger partial charge in [0.2, 0.25) is 11.1 Å². The summed E-state index contributed by atoms with van der Waals surface area (Å²) in [7, 11) is -1.42. The third-order valence-electron chi connectivity index (χ3n) is 3.80. The summed E-state index contributed by atoms with van der Waals surface area (Å²) in [6.45, 7) is 1.90. The Morgan fingerprint density at radius 1 is 1.28 bits per heavy atom. The van der Waals surface area contributed by atoms with Crippen molar-refractivity contribution in [2.24, 2.45) is 0 Å². The molecule has 1 aliphatic heterocycles. The molecular formula is C16H16F2N4O2S. The molecule has 0 radical (unpaired) electrons. The molecule has 9 heteroatoms. The second-order valence-electron chi connectivity index (χ2n) is 5.65. The fraction of sp³-hybridized carbons (Fsp3) is 0.312. The number of fused-ring (bicyclic) bond motifs is 1. The number of nitrogens with two attached hydrogens (primary N) is 1. The average molecular weight is 366 g/mol. The number of nitrogen functional groups attached to an aromatic ring is 1. The Labute approximate surface area is 145 Å². The summed E-state index contributed by atoms with van der Waals surface area (Å²) < 4.78 is 38.6. The first-order valence-electron chi connectivity index (χ1n) is 7.69. The maximum atomic E-state index is 13.4. The highest BCUT2D eigenvalue weighted by atomic mass is 32.2. The fourth-order valence-corrected chi connectivity index (χ4v) is 3.53. The lowest BCUT2D eigenvalue weighted by Gasteiger charge is -2.17. The third kappa shape index (κ3) is 3.37. The van der Waals surface area contributed by atoms with Crippen molar-refractivity contribution in [2.45, 2.75) is 31.5 Å². The average Bonchev–Trinajstić information content (AvgIpc) is 2.88. The Morgan fingerprint density at radius 2 is 2.04 bits per heavy atom. The van der Waals surface area contributed by atoms with E-state index in [1.165, 1.54) is 11.0 Å². The zero-order chi connectivity index (χ0) is 18.1. The number of hydrogen-bond acceptors (Lipinski definition) is 5. The number of aromatic nitrogens is 2. The number of carbonyl (C=O) groups excluding carboxylic acids is 1. The van der Waals surface area contributed by atoms with E-state index in [1.807, 2.05) is 6.92 Å². The highest BCUT2D eigenvalue weighted by molar-refractivity contribution is 7.84. The summed E-state index contributed by atoms with van der Waals surface area (Å²) in [5.41, 5.74) is 6.77. The van der Waals surface area contributed by atoms with Crippen molar-refractivity contribution in [3.05, 3.63) is 41.0 Å². The van der Waals surface area contributed by atoms with Crippen LogP contribution in [0.25, 0.3) is 0 Å². The van der Waals surface area contributed by atoms with Crippen molar-refractivity contribution in [2.75, 3.05) is 16.4 Å². The van der Waals surface area contributed by atoms with Crippen LogP contribution >= 0.6 is 0 Å². The number of rotatable bonds is 5. The molecule has 0 bridgehead atoms. The lowest BCUT2D eigenvalue weighted by atomic mass is 10.2. The van der Waals surface area contributed by atoms with E-state index in [-0.39, 0.29) is 35.7 Å². The smallest absolute Gasteiger partial charge is 0.233 e. The molecular weight excluding hydrogens is 350 g/mol. The molecule has 1 amide bonds. The van der Waals surface area contributed by atoms with Gasteiger partial charge in [-0.2, -0.15) is 0 Å². The van der Waals surface area contributed by atoms with Crippen LogP contribution in [0.15, 0.2) is 23.4 Å². The lowest BCUT2D eigenvalue weighted by molar-refractivity contribution is -0.117. The summed E-state index contributed by atoms with van der Waals surface area (Å²) in [4.78, 5) is 21.9. The number of nitrogens with zero attached hydrogens (tertiary/aromatic N) is 3. The van der Waals surface area contributed by atoms with Crippen LogP contribution < -0.4 is 10.6 Å². The van der Waals surface area contributed by atoms with E-state index in [1.54, 1.807) is 0 Å². The first-order valence-corrected chi connectivity index (χ1v) is 9.01. The Balaban J connectivity index is 1.96. The molecule has 2 N–H and O–H groups in total. The van der Waals surface area contributed by atoms with Gasteiger partial charge in [0, 0.05) is 11.3 Å². The molecule has 1 aliphatic rings. The van der Waals surface area contributed by atoms with Crippen LogP contribution in [0.4, 0.5) is 20.4 Å². The molecule has 2 heterocycles. The van der Waals surface area contributed by atoms with Gasteiger partial charge in [0.05, 0.1) is 23.8 Å². The molecule has 132 valence electrons. The van der Waals surface area contributed by atoms with Gasteiger partial charge < -0.3 is 5.73 Å². The molecule has 2 aromatic rings. The summed E-state index contributed by atoms with van der Waals surface area (Å²) in [6, 6.07) is 3.42. The van der Waals surface area contributed by atoms with E-state index in [2.05, 4.69) is 9.97 Å². The van der Waals surface area contributed by atoms with Crippen LogP contribution in [0.1, 0.15) is 24.5 Å². The number of amides is 1. The topological polar surface area (TPSA) is 89.2 Å². The van der Waals surface area contributed by atoms with Gasteiger partial charge in [-0.3, -0.25) is 13.9 Å². The quantitative estimate of drug-likeness (QED) is 0.817. The Bertz CT molecular complexity index is 875. The molecule has 0 fully saturated rings. The van der Waals surface area contributed by atoms with E-state index in [4.69, 9.17) is 5.73 Å². The van der Waals surface area contributed by atoms with Crippen molar-refractivity contribution in [1.82, 2.24) is 9.97 Å². The first-order chi connectivity index (χ1) is 11.9. The van der Waals surface area contributed by atoms with E-state index in [9.17, 15) is 17.8 Å². The van der Waals surface area contributed by atoms with Crippen LogP contribution in [-0.4, -0.2) is 25.8 Å². The van der Waals surface area contributed by atoms with Crippen LogP contribution in [0.3, 0.4) is 0 Å². The molecule has 0 saturated heterocycles. The fourth-order valence-electron chi connectivity index (χ4n) is 2.59. The Kier molecular flexibility index (Phi) is 4.76. The van der Waals surface area contributed by atoms with Gasteiger partial charge in [-0.05, 0) is 24.1 Å². The van der Waals surface area contributed by atoms with Crippen molar-refractivity contribution in [3.8, 4) is 0 Å². The standard InChI is InChI=1S/C16H16F2N4O2S/c1-2-5-25(24)16-20-14(19)10-7-13(23)22(15(10)21-16)8-9-3-4-11(17)12(18)6-9/h3-4,6H,2,5,7-8H2,1H3,(H2,19,20,21). The summed E-state index contributed by atoms with van der Waals surface area (Å²) in [6.07, 6.45) is 0.704. The van der Waals surface area contributed by atoms with E-state index >= 15 is 0 Å². The molecule has 0 aliphatic carbocycles. The van der Waals surface area contributed by atoms with Gasteiger partial charge in [0.1, 0.15) is 11.6 Å². The Morgan fingerprint density at radius 3 is 2.72 bits per heavy atom. The number of carbonyl (C=O) groups is 1. The summed E-state index contributed by atoms with van der Waals surface area (Å²) in [5, 5.41) is 0.0723. The molecule has 1 unspecified atom stereocenters. The van der Waals surface area contributed by atoms with Gasteiger partial charge >= 0.3 is 0 Å². The normalized spacial score (nSPS) is 14.7. The molecule has 1 atom stereocenters. The zero-order valence-electron chi connectivity index (χ0n) is 13.5.